The van der Waals surface area contributed by atoms with E-state index in [2.05, 4.69) is 31.2 Å². The first kappa shape index (κ1) is 10.2. The molecule has 1 nitrogen and oxygen atoms in total. The Morgan fingerprint density at radius 2 is 2.20 bits per heavy atom. The zero-order valence-corrected chi connectivity index (χ0v) is 9.07. The molecule has 1 aliphatic carbocycles. The summed E-state index contributed by atoms with van der Waals surface area (Å²) in [5.41, 5.74) is 3.90. The average Bonchev–Trinajstić information content (AvgIpc) is 2.30. The van der Waals surface area contributed by atoms with Crippen LogP contribution in [0.4, 0.5) is 0 Å². The molecular formula is C14H16O. The zero-order chi connectivity index (χ0) is 10.7. The Morgan fingerprint density at radius 3 is 2.93 bits per heavy atom. The van der Waals surface area contributed by atoms with E-state index in [1.165, 1.54) is 16.7 Å². The van der Waals surface area contributed by atoms with E-state index in [1.54, 1.807) is 0 Å². The predicted molar refractivity (Wildman–Crippen MR) is 62.7 cm³/mol. The van der Waals surface area contributed by atoms with Gasteiger partial charge in [-0.15, -0.1) is 0 Å². The molecule has 1 unspecified atom stereocenters. The fourth-order valence-corrected chi connectivity index (χ4v) is 2.25. The Morgan fingerprint density at radius 1 is 1.40 bits per heavy atom. The summed E-state index contributed by atoms with van der Waals surface area (Å²) in [4.78, 5) is 11.0. The summed E-state index contributed by atoms with van der Waals surface area (Å²) in [6.45, 7) is 2.19. The Hall–Kier alpha value is -1.37. The Bertz CT molecular complexity index is 390. The first-order valence-corrected chi connectivity index (χ1v) is 5.60. The first-order valence-electron chi connectivity index (χ1n) is 5.60. The van der Waals surface area contributed by atoms with Gasteiger partial charge in [-0.3, -0.25) is 0 Å². The van der Waals surface area contributed by atoms with Gasteiger partial charge in [0.1, 0.15) is 6.29 Å². The molecule has 1 aliphatic rings. The zero-order valence-electron chi connectivity index (χ0n) is 9.07. The van der Waals surface area contributed by atoms with Crippen molar-refractivity contribution in [3.8, 4) is 0 Å². The van der Waals surface area contributed by atoms with Crippen LogP contribution in [0.1, 0.15) is 43.2 Å². The van der Waals surface area contributed by atoms with Crippen molar-refractivity contribution in [3.05, 3.63) is 41.5 Å². The van der Waals surface area contributed by atoms with Crippen LogP contribution in [0.5, 0.6) is 0 Å². The number of aldehydes is 1. The van der Waals surface area contributed by atoms with Gasteiger partial charge in [-0.2, -0.15) is 0 Å². The Balaban J connectivity index is 2.42. The van der Waals surface area contributed by atoms with Crippen LogP contribution in [-0.4, -0.2) is 6.29 Å². The van der Waals surface area contributed by atoms with Crippen LogP contribution >= 0.6 is 0 Å². The van der Waals surface area contributed by atoms with Crippen LogP contribution in [0.25, 0.3) is 5.57 Å². The van der Waals surface area contributed by atoms with E-state index in [4.69, 9.17) is 0 Å². The van der Waals surface area contributed by atoms with Crippen LogP contribution in [0.2, 0.25) is 0 Å². The number of carbonyl (C=O) groups is 1. The maximum absolute atomic E-state index is 11.0. The minimum atomic E-state index is 0.0711. The highest BCUT2D eigenvalue weighted by Gasteiger charge is 2.19. The molecule has 0 heterocycles. The van der Waals surface area contributed by atoms with Crippen LogP contribution in [0.15, 0.2) is 30.3 Å². The summed E-state index contributed by atoms with van der Waals surface area (Å²) < 4.78 is 0. The summed E-state index contributed by atoms with van der Waals surface area (Å²) in [6.07, 6.45) is 6.44. The van der Waals surface area contributed by atoms with Crippen molar-refractivity contribution in [1.29, 1.82) is 0 Å². The molecule has 0 aromatic heterocycles. The third-order valence-electron chi connectivity index (χ3n) is 3.01. The monoisotopic (exact) mass is 200 g/mol. The number of fused-ring (bicyclic) bond motifs is 1. The van der Waals surface area contributed by atoms with Crippen LogP contribution in [0, 0.1) is 0 Å². The van der Waals surface area contributed by atoms with Gasteiger partial charge < -0.3 is 4.79 Å². The molecule has 1 aromatic rings. The fraction of sp³-hybridized carbons (Fsp3) is 0.357. The summed E-state index contributed by atoms with van der Waals surface area (Å²) in [6, 6.07) is 8.28. The number of rotatable bonds is 3. The normalized spacial score (nSPS) is 19.3. The van der Waals surface area contributed by atoms with Gasteiger partial charge in [0.25, 0.3) is 0 Å². The second-order valence-corrected chi connectivity index (χ2v) is 4.04. The van der Waals surface area contributed by atoms with Crippen molar-refractivity contribution >= 4 is 11.9 Å². The molecule has 1 atom stereocenters. The molecule has 0 aliphatic heterocycles. The first-order chi connectivity index (χ1) is 7.36. The summed E-state index contributed by atoms with van der Waals surface area (Å²) in [5.74, 6) is 0.0711. The van der Waals surface area contributed by atoms with E-state index < -0.39 is 0 Å². The van der Waals surface area contributed by atoms with Gasteiger partial charge in [0.2, 0.25) is 0 Å². The molecule has 0 saturated heterocycles. The standard InChI is InChI=1S/C14H16O/c1-2-5-11-8-9-12(10-15)14-7-4-3-6-13(11)14/h3-4,6-8,10,12H,2,5,9H2,1H3. The number of benzene rings is 1. The number of carbonyl (C=O) groups excluding carboxylic acids is 1. The minimum absolute atomic E-state index is 0.0711. The van der Waals surface area contributed by atoms with E-state index in [0.29, 0.717) is 0 Å². The largest absolute Gasteiger partial charge is 0.303 e. The number of hydrogen-bond donors (Lipinski definition) is 0. The number of hydrogen-bond acceptors (Lipinski definition) is 1. The fourth-order valence-electron chi connectivity index (χ4n) is 2.25. The quantitative estimate of drug-likeness (QED) is 0.682. The minimum Gasteiger partial charge on any atom is -0.303 e. The second-order valence-electron chi connectivity index (χ2n) is 4.04. The maximum atomic E-state index is 11.0. The van der Waals surface area contributed by atoms with E-state index >= 15 is 0 Å². The van der Waals surface area contributed by atoms with Crippen LogP contribution in [0.3, 0.4) is 0 Å². The summed E-state index contributed by atoms with van der Waals surface area (Å²) >= 11 is 0. The van der Waals surface area contributed by atoms with Crippen molar-refractivity contribution < 1.29 is 4.79 Å². The Labute approximate surface area is 90.8 Å². The van der Waals surface area contributed by atoms with Gasteiger partial charge in [0.05, 0.1) is 0 Å². The van der Waals surface area contributed by atoms with Crippen molar-refractivity contribution in [1.82, 2.24) is 0 Å². The van der Waals surface area contributed by atoms with Crippen molar-refractivity contribution in [2.45, 2.75) is 32.1 Å². The highest BCUT2D eigenvalue weighted by atomic mass is 16.1. The highest BCUT2D eigenvalue weighted by Crippen LogP contribution is 2.35. The van der Waals surface area contributed by atoms with Crippen LogP contribution in [-0.2, 0) is 4.79 Å². The summed E-state index contributed by atoms with van der Waals surface area (Å²) in [7, 11) is 0. The third kappa shape index (κ3) is 1.87. The topological polar surface area (TPSA) is 17.1 Å². The molecule has 1 aromatic carbocycles. The van der Waals surface area contributed by atoms with E-state index in [0.717, 1.165) is 25.5 Å². The van der Waals surface area contributed by atoms with Crippen molar-refractivity contribution in [2.24, 2.45) is 0 Å². The molecule has 0 amide bonds. The van der Waals surface area contributed by atoms with E-state index in [1.807, 2.05) is 6.07 Å². The van der Waals surface area contributed by atoms with E-state index in [-0.39, 0.29) is 5.92 Å². The van der Waals surface area contributed by atoms with Crippen molar-refractivity contribution in [2.75, 3.05) is 0 Å². The average molecular weight is 200 g/mol. The lowest BCUT2D eigenvalue weighted by molar-refractivity contribution is -0.109. The van der Waals surface area contributed by atoms with Gasteiger partial charge >= 0.3 is 0 Å². The Kier molecular flexibility index (Phi) is 3.00. The number of allylic oxidation sites excluding steroid dienone is 2. The van der Waals surface area contributed by atoms with Gasteiger partial charge in [0.15, 0.2) is 0 Å². The summed E-state index contributed by atoms with van der Waals surface area (Å²) in [5, 5.41) is 0. The molecule has 15 heavy (non-hydrogen) atoms. The van der Waals surface area contributed by atoms with Crippen LogP contribution < -0.4 is 0 Å². The molecule has 0 N–H and O–H groups in total. The molecule has 0 spiro atoms. The predicted octanol–water partition coefficient (Wildman–Crippen LogP) is 3.56. The van der Waals surface area contributed by atoms with Gasteiger partial charge in [-0.1, -0.05) is 43.7 Å². The maximum Gasteiger partial charge on any atom is 0.127 e. The molecule has 0 bridgehead atoms. The molecule has 0 saturated carbocycles. The smallest absolute Gasteiger partial charge is 0.127 e. The lowest BCUT2D eigenvalue weighted by Gasteiger charge is -2.21. The lowest BCUT2D eigenvalue weighted by atomic mass is 9.82. The molecule has 1 heteroatoms. The van der Waals surface area contributed by atoms with Gasteiger partial charge in [-0.25, -0.2) is 0 Å². The van der Waals surface area contributed by atoms with Crippen molar-refractivity contribution in [3.63, 3.8) is 0 Å². The van der Waals surface area contributed by atoms with Gasteiger partial charge in [0, 0.05) is 5.92 Å². The molecule has 0 radical (unpaired) electrons. The molecular weight excluding hydrogens is 184 g/mol. The van der Waals surface area contributed by atoms with Gasteiger partial charge in [-0.05, 0) is 29.5 Å². The third-order valence-corrected chi connectivity index (χ3v) is 3.01. The molecule has 2 rings (SSSR count). The second kappa shape index (κ2) is 4.43. The highest BCUT2D eigenvalue weighted by molar-refractivity contribution is 5.77. The lowest BCUT2D eigenvalue weighted by Crippen LogP contribution is -2.07. The SMILES string of the molecule is CCCC1=CCC(C=O)c2ccccc21. The molecule has 78 valence electrons. The van der Waals surface area contributed by atoms with E-state index in [9.17, 15) is 4.79 Å². The molecule has 0 fully saturated rings.